The maximum Gasteiger partial charge on any atom is 0.00956 e. The molecular weight excluding hydrogens is 226 g/mol. The Bertz CT molecular complexity index is 184. The largest absolute Gasteiger partial charge is 0.314 e. The number of hydrogen-bond donors (Lipinski definition) is 1. The van der Waals surface area contributed by atoms with E-state index in [2.05, 4.69) is 37.8 Å². The Kier molecular flexibility index (Phi) is 8.38. The lowest BCUT2D eigenvalue weighted by atomic mass is 10.0. The van der Waals surface area contributed by atoms with Gasteiger partial charge in [-0.15, -0.1) is 0 Å². The monoisotopic (exact) mass is 257 g/mol. The summed E-state index contributed by atoms with van der Waals surface area (Å²) in [7, 11) is 0. The van der Waals surface area contributed by atoms with Crippen molar-refractivity contribution in [2.75, 3.05) is 18.1 Å². The highest BCUT2D eigenvalue weighted by Gasteiger charge is 2.25. The third-order valence-corrected chi connectivity index (χ3v) is 5.38. The second kappa shape index (κ2) is 9.27. The maximum absolute atomic E-state index is 3.73. The summed E-state index contributed by atoms with van der Waals surface area (Å²) in [6.45, 7) is 8.14. The fourth-order valence-corrected chi connectivity index (χ4v) is 3.89. The highest BCUT2D eigenvalue weighted by Crippen LogP contribution is 2.29. The van der Waals surface area contributed by atoms with Crippen LogP contribution in [0, 0.1) is 11.8 Å². The third-order valence-electron chi connectivity index (χ3n) is 4.05. The number of thioether (sulfide) groups is 1. The fraction of sp³-hybridized carbons (Fsp3) is 1.00. The van der Waals surface area contributed by atoms with Crippen LogP contribution in [-0.2, 0) is 0 Å². The van der Waals surface area contributed by atoms with E-state index in [1.54, 1.807) is 0 Å². The zero-order valence-corrected chi connectivity index (χ0v) is 12.8. The first-order valence-corrected chi connectivity index (χ1v) is 8.74. The van der Waals surface area contributed by atoms with E-state index in [1.807, 2.05) is 0 Å². The summed E-state index contributed by atoms with van der Waals surface area (Å²) >= 11 is 2.17. The van der Waals surface area contributed by atoms with Crippen LogP contribution in [0.3, 0.4) is 0 Å². The summed E-state index contributed by atoms with van der Waals surface area (Å²) < 4.78 is 0. The molecule has 1 rings (SSSR count). The third kappa shape index (κ3) is 6.15. The van der Waals surface area contributed by atoms with E-state index in [-0.39, 0.29) is 0 Å². The van der Waals surface area contributed by atoms with Crippen LogP contribution in [-0.4, -0.2) is 24.1 Å². The van der Waals surface area contributed by atoms with Crippen molar-refractivity contribution < 1.29 is 0 Å². The molecule has 0 aromatic heterocycles. The van der Waals surface area contributed by atoms with Crippen molar-refractivity contribution in [2.24, 2.45) is 11.8 Å². The Hall–Kier alpha value is 0.310. The van der Waals surface area contributed by atoms with Gasteiger partial charge in [-0.05, 0) is 55.6 Å². The molecule has 2 heteroatoms. The molecule has 17 heavy (non-hydrogen) atoms. The second-order valence-corrected chi connectivity index (χ2v) is 6.78. The van der Waals surface area contributed by atoms with Crippen LogP contribution in [0.2, 0.25) is 0 Å². The summed E-state index contributed by atoms with van der Waals surface area (Å²) in [5.41, 5.74) is 0. The van der Waals surface area contributed by atoms with Gasteiger partial charge in [0.15, 0.2) is 0 Å². The molecule has 102 valence electrons. The van der Waals surface area contributed by atoms with Crippen LogP contribution in [0.1, 0.15) is 59.3 Å². The Balaban J connectivity index is 2.08. The molecule has 0 bridgehead atoms. The molecule has 0 spiro atoms. The average molecular weight is 257 g/mol. The summed E-state index contributed by atoms with van der Waals surface area (Å²) in [6.07, 6.45) is 8.36. The Morgan fingerprint density at radius 2 is 2.12 bits per heavy atom. The minimum absolute atomic E-state index is 0.833. The molecular formula is C15H31NS. The van der Waals surface area contributed by atoms with Gasteiger partial charge in [0.25, 0.3) is 0 Å². The minimum atomic E-state index is 0.833. The van der Waals surface area contributed by atoms with Gasteiger partial charge >= 0.3 is 0 Å². The van der Waals surface area contributed by atoms with E-state index in [1.165, 1.54) is 56.6 Å². The first kappa shape index (κ1) is 15.4. The van der Waals surface area contributed by atoms with Crippen LogP contribution < -0.4 is 5.32 Å². The summed E-state index contributed by atoms with van der Waals surface area (Å²) in [6, 6.07) is 0.833. The molecule has 3 unspecified atom stereocenters. The minimum Gasteiger partial charge on any atom is -0.314 e. The highest BCUT2D eigenvalue weighted by atomic mass is 32.2. The second-order valence-electron chi connectivity index (χ2n) is 5.63. The smallest absolute Gasteiger partial charge is 0.00956 e. The molecule has 0 amide bonds. The van der Waals surface area contributed by atoms with Gasteiger partial charge in [0.2, 0.25) is 0 Å². The molecule has 1 N–H and O–H groups in total. The van der Waals surface area contributed by atoms with Crippen molar-refractivity contribution in [3.05, 3.63) is 0 Å². The first-order valence-electron chi connectivity index (χ1n) is 7.59. The van der Waals surface area contributed by atoms with Crippen molar-refractivity contribution >= 4 is 11.8 Å². The van der Waals surface area contributed by atoms with Crippen molar-refractivity contribution in [3.63, 3.8) is 0 Å². The maximum atomic E-state index is 3.73. The van der Waals surface area contributed by atoms with Crippen LogP contribution in [0.4, 0.5) is 0 Å². The molecule has 0 aromatic carbocycles. The van der Waals surface area contributed by atoms with E-state index >= 15 is 0 Å². The zero-order valence-electron chi connectivity index (χ0n) is 12.0. The number of nitrogens with one attached hydrogen (secondary N) is 1. The number of hydrogen-bond acceptors (Lipinski definition) is 2. The molecule has 0 aliphatic heterocycles. The predicted octanol–water partition coefficient (Wildman–Crippen LogP) is 4.32. The van der Waals surface area contributed by atoms with E-state index in [4.69, 9.17) is 0 Å². The normalized spacial score (nSPS) is 26.3. The molecule has 0 saturated heterocycles. The van der Waals surface area contributed by atoms with Gasteiger partial charge in [-0.25, -0.2) is 0 Å². The molecule has 1 saturated carbocycles. The van der Waals surface area contributed by atoms with Gasteiger partial charge in [0.05, 0.1) is 0 Å². The van der Waals surface area contributed by atoms with Crippen molar-refractivity contribution in [3.8, 4) is 0 Å². The standard InChI is InChI=1S/C15H31NS/c1-4-10-16-15-8-6-7-14(15)9-11-17-12-13(3)5-2/h13-16H,4-12H2,1-3H3. The molecule has 1 aliphatic rings. The average Bonchev–Trinajstić information content (AvgIpc) is 2.79. The van der Waals surface area contributed by atoms with Crippen LogP contribution in [0.5, 0.6) is 0 Å². The number of rotatable bonds is 9. The predicted molar refractivity (Wildman–Crippen MR) is 80.8 cm³/mol. The summed E-state index contributed by atoms with van der Waals surface area (Å²) in [5.74, 6) is 4.60. The Morgan fingerprint density at radius 1 is 1.29 bits per heavy atom. The summed E-state index contributed by atoms with van der Waals surface area (Å²) in [4.78, 5) is 0. The lowest BCUT2D eigenvalue weighted by molar-refractivity contribution is 0.393. The molecule has 0 aromatic rings. The van der Waals surface area contributed by atoms with Gasteiger partial charge in [-0.1, -0.05) is 33.6 Å². The van der Waals surface area contributed by atoms with Crippen molar-refractivity contribution in [1.29, 1.82) is 0 Å². The lowest BCUT2D eigenvalue weighted by Crippen LogP contribution is -2.33. The van der Waals surface area contributed by atoms with Crippen molar-refractivity contribution in [2.45, 2.75) is 65.3 Å². The highest BCUT2D eigenvalue weighted by molar-refractivity contribution is 7.99. The molecule has 1 fully saturated rings. The zero-order chi connectivity index (χ0) is 12.5. The quantitative estimate of drug-likeness (QED) is 0.617. The molecule has 3 atom stereocenters. The summed E-state index contributed by atoms with van der Waals surface area (Å²) in [5, 5.41) is 3.73. The molecule has 1 aliphatic carbocycles. The van der Waals surface area contributed by atoms with E-state index < -0.39 is 0 Å². The van der Waals surface area contributed by atoms with E-state index in [9.17, 15) is 0 Å². The van der Waals surface area contributed by atoms with Gasteiger partial charge in [-0.3, -0.25) is 0 Å². The SMILES string of the molecule is CCCNC1CCCC1CCSCC(C)CC. The first-order chi connectivity index (χ1) is 8.27. The molecule has 1 nitrogen and oxygen atoms in total. The van der Waals surface area contributed by atoms with Gasteiger partial charge < -0.3 is 5.32 Å². The van der Waals surface area contributed by atoms with Crippen LogP contribution in [0.15, 0.2) is 0 Å². The van der Waals surface area contributed by atoms with Gasteiger partial charge in [0, 0.05) is 6.04 Å². The van der Waals surface area contributed by atoms with E-state index in [0.717, 1.165) is 17.9 Å². The van der Waals surface area contributed by atoms with Crippen LogP contribution in [0.25, 0.3) is 0 Å². The Morgan fingerprint density at radius 3 is 2.82 bits per heavy atom. The van der Waals surface area contributed by atoms with Gasteiger partial charge in [-0.2, -0.15) is 11.8 Å². The van der Waals surface area contributed by atoms with E-state index in [0.29, 0.717) is 0 Å². The van der Waals surface area contributed by atoms with Gasteiger partial charge in [0.1, 0.15) is 0 Å². The van der Waals surface area contributed by atoms with Crippen LogP contribution >= 0.6 is 11.8 Å². The topological polar surface area (TPSA) is 12.0 Å². The lowest BCUT2D eigenvalue weighted by Gasteiger charge is -2.21. The molecule has 0 radical (unpaired) electrons. The Labute approximate surface area is 113 Å². The van der Waals surface area contributed by atoms with Crippen molar-refractivity contribution in [1.82, 2.24) is 5.32 Å². The molecule has 0 heterocycles. The fourth-order valence-electron chi connectivity index (χ4n) is 2.62.